The van der Waals surface area contributed by atoms with Crippen LogP contribution in [0.15, 0.2) is 58.2 Å². The van der Waals surface area contributed by atoms with E-state index in [4.69, 9.17) is 0 Å². The second-order valence-corrected chi connectivity index (χ2v) is 9.58. The Labute approximate surface area is 189 Å². The van der Waals surface area contributed by atoms with Crippen molar-refractivity contribution in [3.8, 4) is 0 Å². The molecule has 0 aromatic rings. The Morgan fingerprint density at radius 2 is 0.867 bits per heavy atom. The van der Waals surface area contributed by atoms with Crippen molar-refractivity contribution in [3.05, 3.63) is 58.2 Å². The molecule has 0 rings (SSSR count). The van der Waals surface area contributed by atoms with Crippen LogP contribution in [0, 0.1) is 0 Å². The van der Waals surface area contributed by atoms with Gasteiger partial charge in [0.25, 0.3) is 0 Å². The average Bonchev–Trinajstić information content (AvgIpc) is 2.64. The van der Waals surface area contributed by atoms with Crippen molar-refractivity contribution in [3.63, 3.8) is 0 Å². The molecule has 0 saturated carbocycles. The smallest absolute Gasteiger partial charge is 0.00218 e. The first-order chi connectivity index (χ1) is 14.2. The van der Waals surface area contributed by atoms with E-state index in [1.54, 1.807) is 5.57 Å². The van der Waals surface area contributed by atoms with Gasteiger partial charge in [0.15, 0.2) is 0 Å². The Hall–Kier alpha value is -1.34. The molecule has 0 aliphatic rings. The predicted octanol–water partition coefficient (Wildman–Crippen LogP) is 9.20. The van der Waals surface area contributed by atoms with Gasteiger partial charge in [0.1, 0.15) is 0 Å². The van der Waals surface area contributed by atoms with Gasteiger partial charge in [-0.15, -0.1) is 0 Å². The van der Waals surface area contributed by atoms with Crippen LogP contribution in [0.5, 0.6) is 0 Å². The largest absolute Gasteiger partial charge is 0.309 e. The standard InChI is InChI=1S/C29H51N/c1-25(2)15-11-18-28(5)21-12-19-26(3)16-9-10-17-27(4)20-13-22-29(6)23-14-24-30(7)8/h15-17,21-22H,9-14,18-20,23-24H2,1-8H3/b26-16+,27-17+,28-21+,29-22+. The van der Waals surface area contributed by atoms with Gasteiger partial charge in [0.2, 0.25) is 0 Å². The van der Waals surface area contributed by atoms with Crippen molar-refractivity contribution in [2.24, 2.45) is 0 Å². The third-order valence-electron chi connectivity index (χ3n) is 5.48. The summed E-state index contributed by atoms with van der Waals surface area (Å²) < 4.78 is 0. The molecule has 0 N–H and O–H groups in total. The third kappa shape index (κ3) is 20.0. The Kier molecular flexibility index (Phi) is 17.6. The van der Waals surface area contributed by atoms with Crippen LogP contribution in [0.1, 0.15) is 106 Å². The van der Waals surface area contributed by atoms with Crippen molar-refractivity contribution in [1.29, 1.82) is 0 Å². The Morgan fingerprint density at radius 3 is 1.27 bits per heavy atom. The summed E-state index contributed by atoms with van der Waals surface area (Å²) in [6.07, 6.45) is 24.0. The zero-order valence-corrected chi connectivity index (χ0v) is 21.6. The van der Waals surface area contributed by atoms with Gasteiger partial charge in [0, 0.05) is 0 Å². The zero-order chi connectivity index (χ0) is 22.8. The summed E-state index contributed by atoms with van der Waals surface area (Å²) in [5.41, 5.74) is 7.57. The van der Waals surface area contributed by atoms with E-state index in [1.807, 2.05) is 0 Å². The van der Waals surface area contributed by atoms with Crippen molar-refractivity contribution < 1.29 is 0 Å². The Balaban J connectivity index is 4.01. The van der Waals surface area contributed by atoms with E-state index in [2.05, 4.69) is 90.9 Å². The topological polar surface area (TPSA) is 3.24 Å². The highest BCUT2D eigenvalue weighted by Crippen LogP contribution is 2.14. The summed E-state index contributed by atoms with van der Waals surface area (Å²) in [6, 6.07) is 0. The third-order valence-corrected chi connectivity index (χ3v) is 5.48. The predicted molar refractivity (Wildman–Crippen MR) is 139 cm³/mol. The molecular weight excluding hydrogens is 362 g/mol. The summed E-state index contributed by atoms with van der Waals surface area (Å²) >= 11 is 0. The summed E-state index contributed by atoms with van der Waals surface area (Å²) in [5.74, 6) is 0. The van der Waals surface area contributed by atoms with Crippen LogP contribution in [0.25, 0.3) is 0 Å². The monoisotopic (exact) mass is 413 g/mol. The molecule has 1 nitrogen and oxygen atoms in total. The number of allylic oxidation sites excluding steroid dienone is 10. The molecule has 172 valence electrons. The van der Waals surface area contributed by atoms with E-state index in [0.29, 0.717) is 0 Å². The van der Waals surface area contributed by atoms with Crippen LogP contribution < -0.4 is 0 Å². The molecule has 0 saturated heterocycles. The molecule has 1 heteroatoms. The summed E-state index contributed by atoms with van der Waals surface area (Å²) in [6.45, 7) is 14.7. The fourth-order valence-corrected chi connectivity index (χ4v) is 3.42. The van der Waals surface area contributed by atoms with Gasteiger partial charge in [0.05, 0.1) is 0 Å². The number of hydrogen-bond donors (Lipinski definition) is 0. The van der Waals surface area contributed by atoms with Crippen LogP contribution in [0.4, 0.5) is 0 Å². The highest BCUT2D eigenvalue weighted by atomic mass is 15.0. The fourth-order valence-electron chi connectivity index (χ4n) is 3.42. The lowest BCUT2D eigenvalue weighted by atomic mass is 10.0. The van der Waals surface area contributed by atoms with Crippen molar-refractivity contribution >= 4 is 0 Å². The summed E-state index contributed by atoms with van der Waals surface area (Å²) in [7, 11) is 4.30. The minimum atomic E-state index is 1.17. The average molecular weight is 414 g/mol. The van der Waals surface area contributed by atoms with Gasteiger partial charge in [-0.1, -0.05) is 58.2 Å². The first-order valence-electron chi connectivity index (χ1n) is 12.1. The second-order valence-electron chi connectivity index (χ2n) is 9.58. The van der Waals surface area contributed by atoms with E-state index >= 15 is 0 Å². The molecule has 0 aromatic heterocycles. The molecule has 0 radical (unpaired) electrons. The molecule has 0 heterocycles. The highest BCUT2D eigenvalue weighted by molar-refractivity contribution is 5.07. The first kappa shape index (κ1) is 28.7. The Morgan fingerprint density at radius 1 is 0.500 bits per heavy atom. The number of nitrogens with zero attached hydrogens (tertiary/aromatic N) is 1. The molecule has 0 atom stereocenters. The van der Waals surface area contributed by atoms with Crippen LogP contribution in [-0.4, -0.2) is 25.5 Å². The summed E-state index contributed by atoms with van der Waals surface area (Å²) in [5, 5.41) is 0. The SMILES string of the molecule is CC(C)=CCC/C(C)=C/CC/C(C)=C/CC/C=C(\C)CC/C=C(\C)CCCN(C)C. The Bertz CT molecular complexity index is 592. The lowest BCUT2D eigenvalue weighted by molar-refractivity contribution is 0.400. The molecular formula is C29H51N. The van der Waals surface area contributed by atoms with Gasteiger partial charge < -0.3 is 4.90 Å². The van der Waals surface area contributed by atoms with Gasteiger partial charge in [-0.05, 0) is 126 Å². The van der Waals surface area contributed by atoms with E-state index in [1.165, 1.54) is 93.0 Å². The number of unbranched alkanes of at least 4 members (excludes halogenated alkanes) is 1. The lowest BCUT2D eigenvalue weighted by Crippen LogP contribution is -2.12. The van der Waals surface area contributed by atoms with E-state index in [9.17, 15) is 0 Å². The number of hydrogen-bond acceptors (Lipinski definition) is 1. The van der Waals surface area contributed by atoms with Crippen molar-refractivity contribution in [2.45, 2.75) is 106 Å². The molecule has 0 spiro atoms. The fraction of sp³-hybridized carbons (Fsp3) is 0.655. The zero-order valence-electron chi connectivity index (χ0n) is 21.6. The molecule has 0 aromatic carbocycles. The first-order valence-corrected chi connectivity index (χ1v) is 12.1. The van der Waals surface area contributed by atoms with E-state index in [0.717, 1.165) is 0 Å². The van der Waals surface area contributed by atoms with Crippen LogP contribution in [0.3, 0.4) is 0 Å². The van der Waals surface area contributed by atoms with Gasteiger partial charge in [-0.25, -0.2) is 0 Å². The van der Waals surface area contributed by atoms with Gasteiger partial charge in [-0.3, -0.25) is 0 Å². The minimum Gasteiger partial charge on any atom is -0.309 e. The van der Waals surface area contributed by atoms with E-state index in [-0.39, 0.29) is 0 Å². The number of rotatable bonds is 16. The maximum absolute atomic E-state index is 2.44. The molecule has 0 aliphatic carbocycles. The van der Waals surface area contributed by atoms with Crippen LogP contribution in [0.2, 0.25) is 0 Å². The lowest BCUT2D eigenvalue weighted by Gasteiger charge is -2.09. The van der Waals surface area contributed by atoms with Crippen molar-refractivity contribution in [2.75, 3.05) is 20.6 Å². The van der Waals surface area contributed by atoms with Gasteiger partial charge in [-0.2, -0.15) is 0 Å². The molecule has 0 fully saturated rings. The molecule has 0 unspecified atom stereocenters. The van der Waals surface area contributed by atoms with Crippen LogP contribution in [-0.2, 0) is 0 Å². The van der Waals surface area contributed by atoms with Crippen LogP contribution >= 0.6 is 0 Å². The summed E-state index contributed by atoms with van der Waals surface area (Å²) in [4.78, 5) is 2.27. The molecule has 0 aliphatic heterocycles. The normalized spacial score (nSPS) is 13.9. The maximum Gasteiger partial charge on any atom is -0.00218 e. The quantitative estimate of drug-likeness (QED) is 0.180. The van der Waals surface area contributed by atoms with Gasteiger partial charge >= 0.3 is 0 Å². The van der Waals surface area contributed by atoms with E-state index < -0.39 is 0 Å². The molecule has 0 amide bonds. The second kappa shape index (κ2) is 18.4. The molecule has 0 bridgehead atoms. The maximum atomic E-state index is 2.44. The minimum absolute atomic E-state index is 1.17. The molecule has 30 heavy (non-hydrogen) atoms. The highest BCUT2D eigenvalue weighted by Gasteiger charge is 1.95. The van der Waals surface area contributed by atoms with Crippen molar-refractivity contribution in [1.82, 2.24) is 4.90 Å².